The molecule has 1 aliphatic heterocycles. The van der Waals surface area contributed by atoms with Gasteiger partial charge < -0.3 is 10.3 Å². The molecule has 6 heteroatoms. The van der Waals surface area contributed by atoms with Crippen molar-refractivity contribution < 1.29 is 0 Å². The van der Waals surface area contributed by atoms with E-state index in [0.29, 0.717) is 12.0 Å². The number of aromatic nitrogens is 4. The molecular formula is C24H28N6. The van der Waals surface area contributed by atoms with E-state index in [4.69, 9.17) is 0 Å². The molecule has 0 aliphatic carbocycles. The minimum absolute atomic E-state index is 0.446. The molecule has 0 radical (unpaired) electrons. The van der Waals surface area contributed by atoms with Crippen LogP contribution < -0.4 is 5.32 Å². The third-order valence-corrected chi connectivity index (χ3v) is 6.31. The smallest absolute Gasteiger partial charge is 0.138 e. The highest BCUT2D eigenvalue weighted by atomic mass is 15.3. The SMILES string of the molecule is CCC(c1c[nH]c2ccc(-n3cncn3)cc12)C1CNCCN1Cc1ccccc1. The molecule has 3 heterocycles. The lowest BCUT2D eigenvalue weighted by atomic mass is 9.86. The van der Waals surface area contributed by atoms with Gasteiger partial charge in [-0.25, -0.2) is 9.67 Å². The van der Waals surface area contributed by atoms with Gasteiger partial charge in [-0.1, -0.05) is 37.3 Å². The second kappa shape index (κ2) is 8.42. The third-order valence-electron chi connectivity index (χ3n) is 6.31. The standard InChI is InChI=1S/C24H28N6/c1-2-20(24-14-25-10-11-29(24)15-18-6-4-3-5-7-18)22-13-27-23-9-8-19(12-21(22)23)30-17-26-16-28-30/h3-9,12-13,16-17,20,24-25,27H,2,10-11,14-15H2,1H3. The molecule has 1 saturated heterocycles. The first-order valence-corrected chi connectivity index (χ1v) is 10.8. The van der Waals surface area contributed by atoms with Crippen molar-refractivity contribution in [1.82, 2.24) is 30.0 Å². The lowest BCUT2D eigenvalue weighted by molar-refractivity contribution is 0.128. The Kier molecular flexibility index (Phi) is 5.34. The fourth-order valence-corrected chi connectivity index (χ4v) is 4.80. The van der Waals surface area contributed by atoms with E-state index < -0.39 is 0 Å². The summed E-state index contributed by atoms with van der Waals surface area (Å²) in [7, 11) is 0. The van der Waals surface area contributed by atoms with Gasteiger partial charge >= 0.3 is 0 Å². The monoisotopic (exact) mass is 400 g/mol. The predicted molar refractivity (Wildman–Crippen MR) is 120 cm³/mol. The van der Waals surface area contributed by atoms with E-state index in [9.17, 15) is 0 Å². The first kappa shape index (κ1) is 19.0. The van der Waals surface area contributed by atoms with Crippen molar-refractivity contribution in [2.45, 2.75) is 31.8 Å². The zero-order chi connectivity index (χ0) is 20.3. The zero-order valence-corrected chi connectivity index (χ0v) is 17.3. The van der Waals surface area contributed by atoms with Gasteiger partial charge in [0.05, 0.1) is 5.69 Å². The number of fused-ring (bicyclic) bond motifs is 1. The van der Waals surface area contributed by atoms with Crippen LogP contribution in [0, 0.1) is 0 Å². The van der Waals surface area contributed by atoms with E-state index in [1.54, 1.807) is 12.7 Å². The normalized spacial score (nSPS) is 18.6. The summed E-state index contributed by atoms with van der Waals surface area (Å²) in [4.78, 5) is 10.2. The highest BCUT2D eigenvalue weighted by molar-refractivity contribution is 5.85. The zero-order valence-electron chi connectivity index (χ0n) is 17.3. The number of H-pyrrole nitrogens is 1. The minimum atomic E-state index is 0.446. The van der Waals surface area contributed by atoms with E-state index in [1.807, 2.05) is 4.68 Å². The summed E-state index contributed by atoms with van der Waals surface area (Å²) < 4.78 is 1.82. The fourth-order valence-electron chi connectivity index (χ4n) is 4.80. The van der Waals surface area contributed by atoms with Crippen LogP contribution in [0.4, 0.5) is 0 Å². The van der Waals surface area contributed by atoms with Gasteiger partial charge in [0.25, 0.3) is 0 Å². The molecule has 0 spiro atoms. The summed E-state index contributed by atoms with van der Waals surface area (Å²) in [5.41, 5.74) is 4.98. The van der Waals surface area contributed by atoms with Gasteiger partial charge in [0.2, 0.25) is 0 Å². The summed E-state index contributed by atoms with van der Waals surface area (Å²) in [5, 5.41) is 9.21. The number of hydrogen-bond donors (Lipinski definition) is 2. The highest BCUT2D eigenvalue weighted by Crippen LogP contribution is 2.34. The summed E-state index contributed by atoms with van der Waals surface area (Å²) in [6.45, 7) is 6.43. The van der Waals surface area contributed by atoms with Gasteiger partial charge in [0.15, 0.2) is 0 Å². The molecule has 5 rings (SSSR count). The second-order valence-electron chi connectivity index (χ2n) is 8.06. The number of nitrogens with zero attached hydrogens (tertiary/aromatic N) is 4. The topological polar surface area (TPSA) is 61.8 Å². The molecule has 2 unspecified atom stereocenters. The molecule has 4 aromatic rings. The molecule has 1 fully saturated rings. The number of aromatic amines is 1. The van der Waals surface area contributed by atoms with Crippen molar-refractivity contribution in [2.24, 2.45) is 0 Å². The first-order valence-electron chi connectivity index (χ1n) is 10.8. The molecule has 30 heavy (non-hydrogen) atoms. The number of piperazine rings is 1. The molecule has 0 amide bonds. The average molecular weight is 401 g/mol. The van der Waals surface area contributed by atoms with E-state index >= 15 is 0 Å². The minimum Gasteiger partial charge on any atom is -0.361 e. The summed E-state index contributed by atoms with van der Waals surface area (Å²) in [5.74, 6) is 0.446. The Bertz CT molecular complexity index is 1090. The number of rotatable bonds is 6. The molecule has 154 valence electrons. The van der Waals surface area contributed by atoms with Crippen molar-refractivity contribution in [3.8, 4) is 5.69 Å². The maximum atomic E-state index is 4.30. The second-order valence-corrected chi connectivity index (χ2v) is 8.06. The van der Waals surface area contributed by atoms with E-state index in [0.717, 1.165) is 38.3 Å². The van der Waals surface area contributed by atoms with Gasteiger partial charge in [0, 0.05) is 55.2 Å². The summed E-state index contributed by atoms with van der Waals surface area (Å²) >= 11 is 0. The molecule has 0 bridgehead atoms. The Morgan fingerprint density at radius 3 is 2.87 bits per heavy atom. The number of nitrogens with one attached hydrogen (secondary N) is 2. The van der Waals surface area contributed by atoms with Gasteiger partial charge in [-0.2, -0.15) is 5.10 Å². The lowest BCUT2D eigenvalue weighted by Crippen LogP contribution is -2.53. The molecule has 0 saturated carbocycles. The van der Waals surface area contributed by atoms with Crippen molar-refractivity contribution in [1.29, 1.82) is 0 Å². The van der Waals surface area contributed by atoms with Crippen LogP contribution in [-0.4, -0.2) is 50.3 Å². The highest BCUT2D eigenvalue weighted by Gasteiger charge is 2.31. The Hall–Kier alpha value is -2.96. The van der Waals surface area contributed by atoms with Gasteiger partial charge in [-0.3, -0.25) is 4.90 Å². The molecule has 6 nitrogen and oxygen atoms in total. The average Bonchev–Trinajstić information content (AvgIpc) is 3.46. The Morgan fingerprint density at radius 1 is 1.17 bits per heavy atom. The van der Waals surface area contributed by atoms with E-state index in [1.165, 1.54) is 22.0 Å². The largest absolute Gasteiger partial charge is 0.361 e. The molecule has 1 aliphatic rings. The van der Waals surface area contributed by atoms with Crippen LogP contribution >= 0.6 is 0 Å². The van der Waals surface area contributed by atoms with Crippen molar-refractivity contribution in [3.05, 3.63) is 78.5 Å². The van der Waals surface area contributed by atoms with Crippen molar-refractivity contribution in [2.75, 3.05) is 19.6 Å². The Balaban J connectivity index is 1.49. The maximum Gasteiger partial charge on any atom is 0.138 e. The molecule has 2 aromatic carbocycles. The van der Waals surface area contributed by atoms with Gasteiger partial charge in [-0.05, 0) is 35.7 Å². The molecule has 2 atom stereocenters. The maximum absolute atomic E-state index is 4.30. The van der Waals surface area contributed by atoms with Crippen LogP contribution in [0.25, 0.3) is 16.6 Å². The van der Waals surface area contributed by atoms with Crippen LogP contribution in [0.2, 0.25) is 0 Å². The van der Waals surface area contributed by atoms with Gasteiger partial charge in [-0.15, -0.1) is 0 Å². The third kappa shape index (κ3) is 3.64. The molecular weight excluding hydrogens is 372 g/mol. The van der Waals surface area contributed by atoms with Crippen molar-refractivity contribution >= 4 is 10.9 Å². The Labute approximate surface area is 176 Å². The van der Waals surface area contributed by atoms with Crippen molar-refractivity contribution in [3.63, 3.8) is 0 Å². The molecule has 2 N–H and O–H groups in total. The van der Waals surface area contributed by atoms with Gasteiger partial charge in [0.1, 0.15) is 12.7 Å². The summed E-state index contributed by atoms with van der Waals surface area (Å²) in [6.07, 6.45) is 6.63. The summed E-state index contributed by atoms with van der Waals surface area (Å²) in [6, 6.07) is 17.7. The first-order chi connectivity index (χ1) is 14.8. The predicted octanol–water partition coefficient (Wildman–Crippen LogP) is 3.72. The van der Waals surface area contributed by atoms with E-state index in [-0.39, 0.29) is 0 Å². The number of hydrogen-bond acceptors (Lipinski definition) is 4. The fraction of sp³-hybridized carbons (Fsp3) is 0.333. The van der Waals surface area contributed by atoms with E-state index in [2.05, 4.69) is 86.9 Å². The quantitative estimate of drug-likeness (QED) is 0.518. The van der Waals surface area contributed by atoms with Crippen LogP contribution in [0.5, 0.6) is 0 Å². The van der Waals surface area contributed by atoms with Crippen LogP contribution in [0.15, 0.2) is 67.4 Å². The van der Waals surface area contributed by atoms with Crippen LogP contribution in [-0.2, 0) is 6.54 Å². The lowest BCUT2D eigenvalue weighted by Gasteiger charge is -2.40. The Morgan fingerprint density at radius 2 is 2.07 bits per heavy atom. The number of benzene rings is 2. The van der Waals surface area contributed by atoms with Crippen LogP contribution in [0.3, 0.4) is 0 Å². The molecule has 2 aromatic heterocycles. The van der Waals surface area contributed by atoms with Crippen LogP contribution in [0.1, 0.15) is 30.4 Å².